The van der Waals surface area contributed by atoms with Crippen molar-refractivity contribution in [2.75, 3.05) is 11.9 Å². The maximum Gasteiger partial charge on any atom is 0.185 e. The highest BCUT2D eigenvalue weighted by atomic mass is 16.1. The van der Waals surface area contributed by atoms with Crippen molar-refractivity contribution in [2.24, 2.45) is 11.5 Å². The normalized spacial score (nSPS) is 12.3. The summed E-state index contributed by atoms with van der Waals surface area (Å²) in [6.45, 7) is 7.72. The van der Waals surface area contributed by atoms with Gasteiger partial charge < -0.3 is 22.1 Å². The van der Waals surface area contributed by atoms with E-state index in [9.17, 15) is 4.79 Å². The molecule has 0 aliphatic rings. The number of Topliss-reactive ketones (excluding diaryl/α,β-unsaturated/α-hetero) is 1. The predicted molar refractivity (Wildman–Crippen MR) is 91.8 cm³/mol. The lowest BCUT2D eigenvalue weighted by Crippen LogP contribution is -2.50. The van der Waals surface area contributed by atoms with Gasteiger partial charge in [-0.1, -0.05) is 24.8 Å². The molecule has 1 aromatic carbocycles. The minimum atomic E-state index is -0.796. The number of carbonyl (C=O) groups is 1. The third kappa shape index (κ3) is 5.21. The van der Waals surface area contributed by atoms with Gasteiger partial charge >= 0.3 is 0 Å². The lowest BCUT2D eigenvalue weighted by atomic mass is 9.91. The first-order chi connectivity index (χ1) is 10.3. The quantitative estimate of drug-likeness (QED) is 0.366. The van der Waals surface area contributed by atoms with Crippen molar-refractivity contribution in [3.05, 3.63) is 36.4 Å². The molecule has 0 aliphatic heterocycles. The summed E-state index contributed by atoms with van der Waals surface area (Å²) in [4.78, 5) is 12.5. The average Bonchev–Trinajstić information content (AvgIpc) is 2.45. The van der Waals surface area contributed by atoms with Crippen LogP contribution in [0.3, 0.4) is 0 Å². The number of rotatable bonds is 8. The maximum atomic E-state index is 12.5. The van der Waals surface area contributed by atoms with Crippen LogP contribution >= 0.6 is 0 Å². The van der Waals surface area contributed by atoms with Gasteiger partial charge in [0.2, 0.25) is 0 Å². The zero-order valence-electron chi connectivity index (χ0n) is 13.1. The van der Waals surface area contributed by atoms with Gasteiger partial charge in [-0.05, 0) is 38.0 Å². The van der Waals surface area contributed by atoms with Crippen LogP contribution in [0.2, 0.25) is 0 Å². The minimum Gasteiger partial charge on any atom is -0.373 e. The van der Waals surface area contributed by atoms with E-state index in [4.69, 9.17) is 16.9 Å². The Balaban J connectivity index is 2.68. The van der Waals surface area contributed by atoms with Gasteiger partial charge in [-0.3, -0.25) is 10.2 Å². The van der Waals surface area contributed by atoms with Crippen LogP contribution in [-0.2, 0) is 4.79 Å². The maximum absolute atomic E-state index is 12.5. The number of hydrogen-bond acceptors (Lipinski definition) is 4. The number of anilines is 1. The van der Waals surface area contributed by atoms with Gasteiger partial charge in [0.15, 0.2) is 11.7 Å². The smallest absolute Gasteiger partial charge is 0.185 e. The third-order valence-electron chi connectivity index (χ3n) is 3.30. The molecule has 6 heteroatoms. The lowest BCUT2D eigenvalue weighted by Gasteiger charge is -2.29. The summed E-state index contributed by atoms with van der Waals surface area (Å²) in [5.41, 5.74) is 12.2. The van der Waals surface area contributed by atoms with Crippen molar-refractivity contribution >= 4 is 23.5 Å². The molecule has 1 aromatic rings. The fourth-order valence-electron chi connectivity index (χ4n) is 2.12. The summed E-state index contributed by atoms with van der Waals surface area (Å²) in [6, 6.07) is 7.02. The molecule has 120 valence electrons. The van der Waals surface area contributed by atoms with Gasteiger partial charge in [-0.25, -0.2) is 0 Å². The molecular weight excluding hydrogens is 278 g/mol. The zero-order chi connectivity index (χ0) is 16.8. The number of guanidine groups is 1. The third-order valence-corrected chi connectivity index (χ3v) is 3.30. The molecule has 1 atom stereocenters. The Morgan fingerprint density at radius 2 is 2.18 bits per heavy atom. The molecule has 0 fully saturated rings. The monoisotopic (exact) mass is 303 g/mol. The molecule has 0 amide bonds. The molecule has 0 spiro atoms. The van der Waals surface area contributed by atoms with E-state index in [1.807, 2.05) is 24.3 Å². The van der Waals surface area contributed by atoms with Crippen LogP contribution in [-0.4, -0.2) is 29.9 Å². The number of carbonyl (C=O) groups excluding carboxylic acids is 1. The standard InChI is InChI=1S/C16H25N5O/c1-4-11-6-5-7-12(10-11)21-16(2,3)14(22)13(17)8-9-20-15(18)19/h4-7,10,13,21H,1,8-9,17H2,2-3H3,(H4,18,19,20). The molecule has 7 N–H and O–H groups in total. The van der Waals surface area contributed by atoms with E-state index >= 15 is 0 Å². The molecule has 0 heterocycles. The average molecular weight is 303 g/mol. The van der Waals surface area contributed by atoms with E-state index in [0.717, 1.165) is 11.3 Å². The summed E-state index contributed by atoms with van der Waals surface area (Å²) in [6.07, 6.45) is 2.16. The van der Waals surface area contributed by atoms with Gasteiger partial charge in [-0.15, -0.1) is 0 Å². The first-order valence-corrected chi connectivity index (χ1v) is 7.14. The molecule has 0 saturated heterocycles. The number of nitrogens with one attached hydrogen (secondary N) is 3. The Hall–Kier alpha value is -2.34. The highest BCUT2D eigenvalue weighted by Crippen LogP contribution is 2.19. The molecule has 1 rings (SSSR count). The van der Waals surface area contributed by atoms with Crippen molar-refractivity contribution in [3.63, 3.8) is 0 Å². The van der Waals surface area contributed by atoms with Crippen LogP contribution in [0.5, 0.6) is 0 Å². The van der Waals surface area contributed by atoms with E-state index in [0.29, 0.717) is 13.0 Å². The van der Waals surface area contributed by atoms with Crippen LogP contribution in [0.25, 0.3) is 6.08 Å². The van der Waals surface area contributed by atoms with Crippen LogP contribution < -0.4 is 22.1 Å². The van der Waals surface area contributed by atoms with E-state index in [1.54, 1.807) is 19.9 Å². The SMILES string of the molecule is C=Cc1cccc(NC(C)(C)C(=O)C(N)CCNC(=N)N)c1. The Labute approximate surface area is 131 Å². The van der Waals surface area contributed by atoms with Crippen molar-refractivity contribution in [1.82, 2.24) is 5.32 Å². The topological polar surface area (TPSA) is 117 Å². The van der Waals surface area contributed by atoms with Gasteiger partial charge in [-0.2, -0.15) is 0 Å². The molecule has 0 radical (unpaired) electrons. The molecular formula is C16H25N5O. The van der Waals surface area contributed by atoms with E-state index < -0.39 is 11.6 Å². The summed E-state index contributed by atoms with van der Waals surface area (Å²) in [7, 11) is 0. The largest absolute Gasteiger partial charge is 0.373 e. The zero-order valence-corrected chi connectivity index (χ0v) is 13.1. The van der Waals surface area contributed by atoms with Gasteiger partial charge in [0.05, 0.1) is 11.6 Å². The van der Waals surface area contributed by atoms with E-state index in [2.05, 4.69) is 17.2 Å². The molecule has 0 saturated carbocycles. The van der Waals surface area contributed by atoms with Crippen LogP contribution in [0.15, 0.2) is 30.8 Å². The number of ketones is 1. The van der Waals surface area contributed by atoms with Crippen molar-refractivity contribution in [2.45, 2.75) is 31.8 Å². The summed E-state index contributed by atoms with van der Waals surface area (Å²) in [5, 5.41) is 12.9. The van der Waals surface area contributed by atoms with Gasteiger partial charge in [0.25, 0.3) is 0 Å². The summed E-state index contributed by atoms with van der Waals surface area (Å²) < 4.78 is 0. The molecule has 6 nitrogen and oxygen atoms in total. The fraction of sp³-hybridized carbons (Fsp3) is 0.375. The molecule has 22 heavy (non-hydrogen) atoms. The first-order valence-electron chi connectivity index (χ1n) is 7.14. The lowest BCUT2D eigenvalue weighted by molar-refractivity contribution is -0.123. The molecule has 1 unspecified atom stereocenters. The van der Waals surface area contributed by atoms with Gasteiger partial charge in [0, 0.05) is 12.2 Å². The predicted octanol–water partition coefficient (Wildman–Crippen LogP) is 1.29. The Morgan fingerprint density at radius 1 is 1.50 bits per heavy atom. The molecule has 0 bridgehead atoms. The highest BCUT2D eigenvalue weighted by Gasteiger charge is 2.31. The Bertz CT molecular complexity index is 553. The number of benzene rings is 1. The molecule has 0 aromatic heterocycles. The number of hydrogen-bond donors (Lipinski definition) is 5. The second-order valence-corrected chi connectivity index (χ2v) is 5.68. The summed E-state index contributed by atoms with van der Waals surface area (Å²) in [5.74, 6) is -0.222. The number of nitrogens with two attached hydrogens (primary N) is 2. The minimum absolute atomic E-state index is 0.0955. The first kappa shape index (κ1) is 17.7. The van der Waals surface area contributed by atoms with Crippen LogP contribution in [0.4, 0.5) is 5.69 Å². The second kappa shape index (κ2) is 7.61. The van der Waals surface area contributed by atoms with Crippen molar-refractivity contribution < 1.29 is 4.79 Å². The highest BCUT2D eigenvalue weighted by molar-refractivity contribution is 5.94. The van der Waals surface area contributed by atoms with Crippen molar-refractivity contribution in [3.8, 4) is 0 Å². The second-order valence-electron chi connectivity index (χ2n) is 5.68. The fourth-order valence-corrected chi connectivity index (χ4v) is 2.12. The van der Waals surface area contributed by atoms with E-state index in [1.165, 1.54) is 0 Å². The Kier molecular flexibility index (Phi) is 6.12. The van der Waals surface area contributed by atoms with E-state index in [-0.39, 0.29) is 11.7 Å². The Morgan fingerprint density at radius 3 is 2.77 bits per heavy atom. The van der Waals surface area contributed by atoms with Gasteiger partial charge in [0.1, 0.15) is 0 Å². The van der Waals surface area contributed by atoms with Crippen LogP contribution in [0.1, 0.15) is 25.8 Å². The van der Waals surface area contributed by atoms with Crippen molar-refractivity contribution in [1.29, 1.82) is 5.41 Å². The summed E-state index contributed by atoms with van der Waals surface area (Å²) >= 11 is 0. The molecule has 0 aliphatic carbocycles. The van der Waals surface area contributed by atoms with Crippen LogP contribution in [0, 0.1) is 5.41 Å².